The summed E-state index contributed by atoms with van der Waals surface area (Å²) in [6, 6.07) is 35.6. The predicted octanol–water partition coefficient (Wildman–Crippen LogP) is 9.68. The van der Waals surface area contributed by atoms with Crippen LogP contribution < -0.4 is 14.2 Å². The fourth-order valence-electron chi connectivity index (χ4n) is 4.87. The molecular formula is C43H46O8. The van der Waals surface area contributed by atoms with Crippen LogP contribution in [0.25, 0.3) is 0 Å². The number of phenols is 3. The van der Waals surface area contributed by atoms with Gasteiger partial charge in [0.05, 0.1) is 0 Å². The van der Waals surface area contributed by atoms with Crippen LogP contribution in [0.5, 0.6) is 34.5 Å². The summed E-state index contributed by atoms with van der Waals surface area (Å²) in [5, 5.41) is 27.6. The van der Waals surface area contributed by atoms with Gasteiger partial charge in [-0.1, -0.05) is 133 Å². The molecule has 5 rings (SSSR count). The van der Waals surface area contributed by atoms with E-state index in [1.165, 1.54) is 0 Å². The summed E-state index contributed by atoms with van der Waals surface area (Å²) in [6.07, 6.45) is 0. The van der Waals surface area contributed by atoms with Crippen molar-refractivity contribution in [2.45, 2.75) is 61.4 Å². The van der Waals surface area contributed by atoms with Crippen molar-refractivity contribution in [3.63, 3.8) is 0 Å². The molecule has 0 saturated heterocycles. The molecule has 266 valence electrons. The Morgan fingerprint density at radius 3 is 1.14 bits per heavy atom. The van der Waals surface area contributed by atoms with E-state index in [2.05, 4.69) is 0 Å². The molecule has 0 aliphatic carbocycles. The second-order valence-corrected chi connectivity index (χ2v) is 14.1. The molecule has 0 amide bonds. The van der Waals surface area contributed by atoms with Crippen molar-refractivity contribution in [3.8, 4) is 34.5 Å². The lowest BCUT2D eigenvalue weighted by Gasteiger charge is -2.21. The number of carbonyl (C=O) groups is 2. The summed E-state index contributed by atoms with van der Waals surface area (Å²) in [7, 11) is 0. The van der Waals surface area contributed by atoms with Crippen molar-refractivity contribution >= 4 is 11.6 Å². The molecule has 0 spiro atoms. The van der Waals surface area contributed by atoms with Gasteiger partial charge < -0.3 is 29.5 Å². The van der Waals surface area contributed by atoms with Crippen LogP contribution in [0, 0.1) is 10.8 Å². The van der Waals surface area contributed by atoms with E-state index < -0.39 is 28.1 Å². The number of rotatable bonds is 11. The number of Topliss-reactive ketones (excluding diaryl/α,β-unsaturated/α-hetero) is 2. The Hall–Kier alpha value is -5.76. The van der Waals surface area contributed by atoms with Gasteiger partial charge in [0.15, 0.2) is 40.3 Å². The molecule has 5 aromatic rings. The largest absolute Gasteiger partial charge is 0.504 e. The molecule has 8 nitrogen and oxygen atoms in total. The number of phenolic OH excluding ortho intramolecular Hbond substituents is 3. The van der Waals surface area contributed by atoms with Crippen LogP contribution in [0.3, 0.4) is 0 Å². The zero-order valence-electron chi connectivity index (χ0n) is 30.0. The minimum atomic E-state index is -0.611. The Labute approximate surface area is 299 Å². The standard InChI is InChI=1S/C32H32O4.C11H14O4/c1-32(2,3)31(33)27-19-28(34-21-24-13-7-4-8-14-24)30(36-23-26-17-11-6-12-18-26)29(20-27)35-22-25-15-9-5-10-16-25;1-11(2,3)10(15)6-4-7(12)9(14)8(13)5-6/h4-20H,21-23H2,1-3H3;4-5,12-14H,1-3H3. The summed E-state index contributed by atoms with van der Waals surface area (Å²) in [5.41, 5.74) is 2.61. The van der Waals surface area contributed by atoms with Gasteiger partial charge in [-0.2, -0.15) is 0 Å². The minimum Gasteiger partial charge on any atom is -0.504 e. The highest BCUT2D eigenvalue weighted by Gasteiger charge is 2.27. The molecule has 0 fully saturated rings. The third kappa shape index (κ3) is 10.9. The van der Waals surface area contributed by atoms with E-state index in [1.54, 1.807) is 32.9 Å². The molecule has 51 heavy (non-hydrogen) atoms. The third-order valence-electron chi connectivity index (χ3n) is 7.68. The van der Waals surface area contributed by atoms with Gasteiger partial charge in [0.2, 0.25) is 5.75 Å². The Morgan fingerprint density at radius 1 is 0.490 bits per heavy atom. The molecule has 0 heterocycles. The van der Waals surface area contributed by atoms with Crippen molar-refractivity contribution < 1.29 is 39.1 Å². The van der Waals surface area contributed by atoms with Crippen LogP contribution in [-0.2, 0) is 19.8 Å². The van der Waals surface area contributed by atoms with Gasteiger partial charge in [-0.15, -0.1) is 0 Å². The van der Waals surface area contributed by atoms with Crippen LogP contribution in [0.4, 0.5) is 0 Å². The molecule has 3 N–H and O–H groups in total. The summed E-state index contributed by atoms with van der Waals surface area (Å²) < 4.78 is 18.8. The first kappa shape index (κ1) is 38.0. The normalized spacial score (nSPS) is 11.2. The highest BCUT2D eigenvalue weighted by Crippen LogP contribution is 2.42. The fraction of sp³-hybridized carbons (Fsp3) is 0.256. The highest BCUT2D eigenvalue weighted by atomic mass is 16.5. The van der Waals surface area contributed by atoms with E-state index in [0.717, 1.165) is 28.8 Å². The lowest BCUT2D eigenvalue weighted by molar-refractivity contribution is 0.0851. The van der Waals surface area contributed by atoms with E-state index >= 15 is 0 Å². The first-order chi connectivity index (χ1) is 24.1. The average Bonchev–Trinajstić information content (AvgIpc) is 3.11. The average molecular weight is 691 g/mol. The number of carbonyl (C=O) groups excluding carboxylic acids is 2. The van der Waals surface area contributed by atoms with Crippen LogP contribution in [0.15, 0.2) is 115 Å². The number of aromatic hydroxyl groups is 3. The molecule has 0 radical (unpaired) electrons. The van der Waals surface area contributed by atoms with Crippen LogP contribution in [0.2, 0.25) is 0 Å². The van der Waals surface area contributed by atoms with Crippen molar-refractivity contribution in [2.24, 2.45) is 10.8 Å². The second kappa shape index (κ2) is 16.8. The first-order valence-corrected chi connectivity index (χ1v) is 16.7. The zero-order valence-corrected chi connectivity index (χ0v) is 30.0. The number of hydrogen-bond donors (Lipinski definition) is 3. The lowest BCUT2D eigenvalue weighted by Crippen LogP contribution is -2.20. The van der Waals surface area contributed by atoms with Crippen LogP contribution >= 0.6 is 0 Å². The Balaban J connectivity index is 0.000000326. The number of hydrogen-bond acceptors (Lipinski definition) is 8. The van der Waals surface area contributed by atoms with Crippen LogP contribution in [0.1, 0.15) is 78.9 Å². The number of ketones is 2. The molecule has 8 heteroatoms. The molecule has 0 aromatic heterocycles. The summed E-state index contributed by atoms with van der Waals surface area (Å²) in [6.45, 7) is 11.9. The van der Waals surface area contributed by atoms with Gasteiger partial charge in [-0.3, -0.25) is 9.59 Å². The number of ether oxygens (including phenoxy) is 3. The van der Waals surface area contributed by atoms with E-state index in [9.17, 15) is 19.8 Å². The van der Waals surface area contributed by atoms with Gasteiger partial charge >= 0.3 is 0 Å². The molecule has 0 saturated carbocycles. The topological polar surface area (TPSA) is 123 Å². The van der Waals surface area contributed by atoms with Gasteiger partial charge in [-0.25, -0.2) is 0 Å². The fourth-order valence-corrected chi connectivity index (χ4v) is 4.87. The number of benzene rings is 5. The van der Waals surface area contributed by atoms with Gasteiger partial charge in [0.25, 0.3) is 0 Å². The molecule has 0 aliphatic heterocycles. The van der Waals surface area contributed by atoms with Crippen LogP contribution in [-0.4, -0.2) is 26.9 Å². The SMILES string of the molecule is CC(C)(C)C(=O)c1cc(O)c(O)c(O)c1.CC(C)(C)C(=O)c1cc(OCc2ccccc2)c(OCc2ccccc2)c(OCc2ccccc2)c1. The van der Waals surface area contributed by atoms with Crippen molar-refractivity contribution in [2.75, 3.05) is 0 Å². The molecular weight excluding hydrogens is 644 g/mol. The maximum absolute atomic E-state index is 13.3. The van der Waals surface area contributed by atoms with E-state index in [-0.39, 0.29) is 17.1 Å². The monoisotopic (exact) mass is 690 g/mol. The maximum atomic E-state index is 13.3. The lowest BCUT2D eigenvalue weighted by atomic mass is 9.86. The Bertz CT molecular complexity index is 1820. The maximum Gasteiger partial charge on any atom is 0.203 e. The van der Waals surface area contributed by atoms with E-state index in [4.69, 9.17) is 19.3 Å². The molecule has 0 aliphatic rings. The minimum absolute atomic E-state index is 0.00577. The third-order valence-corrected chi connectivity index (χ3v) is 7.68. The van der Waals surface area contributed by atoms with E-state index in [0.29, 0.717) is 42.6 Å². The van der Waals surface area contributed by atoms with Gasteiger partial charge in [0.1, 0.15) is 19.8 Å². The Morgan fingerprint density at radius 2 is 0.804 bits per heavy atom. The van der Waals surface area contributed by atoms with E-state index in [1.807, 2.05) is 112 Å². The van der Waals surface area contributed by atoms with Crippen molar-refractivity contribution in [3.05, 3.63) is 143 Å². The smallest absolute Gasteiger partial charge is 0.203 e. The Kier molecular flexibility index (Phi) is 12.5. The second-order valence-electron chi connectivity index (χ2n) is 14.1. The summed E-state index contributed by atoms with van der Waals surface area (Å²) >= 11 is 0. The molecule has 5 aromatic carbocycles. The highest BCUT2D eigenvalue weighted by molar-refractivity contribution is 6.01. The van der Waals surface area contributed by atoms with Crippen molar-refractivity contribution in [1.29, 1.82) is 0 Å². The molecule has 0 bridgehead atoms. The molecule has 0 unspecified atom stereocenters. The zero-order chi connectivity index (χ0) is 37.2. The summed E-state index contributed by atoms with van der Waals surface area (Å²) in [4.78, 5) is 25.0. The first-order valence-electron chi connectivity index (χ1n) is 16.7. The predicted molar refractivity (Wildman–Crippen MR) is 198 cm³/mol. The quantitative estimate of drug-likeness (QED) is 0.0925. The van der Waals surface area contributed by atoms with Gasteiger partial charge in [0, 0.05) is 22.0 Å². The van der Waals surface area contributed by atoms with Crippen molar-refractivity contribution in [1.82, 2.24) is 0 Å². The van der Waals surface area contributed by atoms with Gasteiger partial charge in [-0.05, 0) is 41.0 Å². The molecule has 0 atom stereocenters. The summed E-state index contributed by atoms with van der Waals surface area (Å²) in [5.74, 6) is -0.373.